The number of benzene rings is 1. The van der Waals surface area contributed by atoms with Gasteiger partial charge in [0.05, 0.1) is 12.1 Å². The summed E-state index contributed by atoms with van der Waals surface area (Å²) in [6.07, 6.45) is 0.532. The van der Waals surface area contributed by atoms with Gasteiger partial charge in [0.2, 0.25) is 11.8 Å². The van der Waals surface area contributed by atoms with E-state index in [-0.39, 0.29) is 37.4 Å². The molecule has 1 saturated heterocycles. The summed E-state index contributed by atoms with van der Waals surface area (Å²) in [6, 6.07) is 4.22. The van der Waals surface area contributed by atoms with Crippen LogP contribution in [0.5, 0.6) is 0 Å². The van der Waals surface area contributed by atoms with Gasteiger partial charge in [0.15, 0.2) is 0 Å². The van der Waals surface area contributed by atoms with Crippen molar-refractivity contribution < 1.29 is 19.2 Å². The van der Waals surface area contributed by atoms with E-state index in [2.05, 4.69) is 16.0 Å². The zero-order chi connectivity index (χ0) is 21.4. The smallest absolute Gasteiger partial charge is 0.319 e. The van der Waals surface area contributed by atoms with Gasteiger partial charge >= 0.3 is 6.03 Å². The maximum absolute atomic E-state index is 12.7. The summed E-state index contributed by atoms with van der Waals surface area (Å²) in [5.41, 5.74) is 2.86. The van der Waals surface area contributed by atoms with Crippen LogP contribution < -0.4 is 16.0 Å². The molecule has 4 rings (SSSR count). The van der Waals surface area contributed by atoms with Gasteiger partial charge in [-0.2, -0.15) is 0 Å². The van der Waals surface area contributed by atoms with Crippen molar-refractivity contribution in [1.29, 1.82) is 0 Å². The first kappa shape index (κ1) is 20.4. The van der Waals surface area contributed by atoms with Crippen LogP contribution in [0.2, 0.25) is 5.02 Å². The Balaban J connectivity index is 1.39. The first-order chi connectivity index (χ1) is 14.3. The average molecular weight is 447 g/mol. The molecule has 0 bridgehead atoms. The summed E-state index contributed by atoms with van der Waals surface area (Å²) >= 11 is 7.47. The molecule has 0 saturated carbocycles. The number of urea groups is 1. The highest BCUT2D eigenvalue weighted by Crippen LogP contribution is 2.33. The Labute approximate surface area is 181 Å². The number of nitrogens with one attached hydrogen (secondary N) is 3. The second kappa shape index (κ2) is 8.08. The van der Waals surface area contributed by atoms with Crippen LogP contribution in [0.15, 0.2) is 23.6 Å². The number of hydrogen-bond donors (Lipinski definition) is 3. The number of imide groups is 1. The second-order valence-electron chi connectivity index (χ2n) is 7.22. The van der Waals surface area contributed by atoms with Crippen molar-refractivity contribution in [3.8, 4) is 0 Å². The topological polar surface area (TPSA) is 108 Å². The number of hydrogen-bond acceptors (Lipinski definition) is 5. The molecule has 2 aromatic rings. The lowest BCUT2D eigenvalue weighted by Crippen LogP contribution is -2.52. The van der Waals surface area contributed by atoms with Crippen LogP contribution in [0.3, 0.4) is 0 Å². The van der Waals surface area contributed by atoms with Gasteiger partial charge in [0.1, 0.15) is 6.04 Å². The van der Waals surface area contributed by atoms with Crippen molar-refractivity contribution in [2.45, 2.75) is 38.9 Å². The zero-order valence-electron chi connectivity index (χ0n) is 16.1. The first-order valence-corrected chi connectivity index (χ1v) is 10.6. The van der Waals surface area contributed by atoms with Crippen LogP contribution in [0, 0.1) is 6.92 Å². The number of aryl methyl sites for hydroxylation is 1. The van der Waals surface area contributed by atoms with Gasteiger partial charge < -0.3 is 15.5 Å². The van der Waals surface area contributed by atoms with E-state index in [4.69, 9.17) is 11.6 Å². The Hall–Kier alpha value is -2.91. The molecule has 0 spiro atoms. The number of piperidine rings is 1. The van der Waals surface area contributed by atoms with E-state index in [1.54, 1.807) is 17.5 Å². The Morgan fingerprint density at radius 2 is 2.13 bits per heavy atom. The van der Waals surface area contributed by atoms with Gasteiger partial charge in [-0.25, -0.2) is 4.79 Å². The molecule has 0 radical (unpaired) electrons. The highest BCUT2D eigenvalue weighted by molar-refractivity contribution is 7.10. The Morgan fingerprint density at radius 3 is 2.87 bits per heavy atom. The maximum Gasteiger partial charge on any atom is 0.319 e. The fraction of sp³-hybridized carbons (Fsp3) is 0.300. The summed E-state index contributed by atoms with van der Waals surface area (Å²) < 4.78 is 0. The predicted molar refractivity (Wildman–Crippen MR) is 112 cm³/mol. The third-order valence-corrected chi connectivity index (χ3v) is 6.66. The fourth-order valence-corrected chi connectivity index (χ4v) is 4.71. The molecule has 8 nitrogen and oxygen atoms in total. The molecule has 1 aromatic carbocycles. The molecule has 1 fully saturated rings. The minimum atomic E-state index is -0.650. The average Bonchev–Trinajstić information content (AvgIpc) is 3.23. The van der Waals surface area contributed by atoms with Crippen LogP contribution in [0.1, 0.15) is 39.2 Å². The summed E-state index contributed by atoms with van der Waals surface area (Å²) in [7, 11) is 0. The molecule has 2 aliphatic rings. The van der Waals surface area contributed by atoms with Crippen molar-refractivity contribution in [3.05, 3.63) is 50.2 Å². The third-order valence-electron chi connectivity index (χ3n) is 5.23. The molecule has 0 unspecified atom stereocenters. The van der Waals surface area contributed by atoms with E-state index < -0.39 is 11.9 Å². The number of halogens is 1. The van der Waals surface area contributed by atoms with Crippen molar-refractivity contribution in [1.82, 2.24) is 15.5 Å². The summed E-state index contributed by atoms with van der Waals surface area (Å²) in [5, 5.41) is 10.1. The first-order valence-electron chi connectivity index (χ1n) is 9.38. The van der Waals surface area contributed by atoms with Crippen LogP contribution in [-0.4, -0.2) is 34.7 Å². The summed E-state index contributed by atoms with van der Waals surface area (Å²) in [4.78, 5) is 50.8. The van der Waals surface area contributed by atoms with Crippen molar-refractivity contribution in [2.24, 2.45) is 0 Å². The number of nitrogens with zero attached hydrogens (tertiary/aromatic N) is 1. The SMILES string of the molecule is Cc1ccc(NC(=O)NCc2scc3c2CN([C@H]2CCC(=O)NC2=O)C3=O)cc1Cl. The number of fused-ring (bicyclic) bond motifs is 1. The van der Waals surface area contributed by atoms with E-state index in [1.165, 1.54) is 16.2 Å². The minimum absolute atomic E-state index is 0.213. The molecule has 1 atom stereocenters. The number of carbonyl (C=O) groups is 4. The van der Waals surface area contributed by atoms with Crippen LogP contribution in [0.25, 0.3) is 0 Å². The van der Waals surface area contributed by atoms with Gasteiger partial charge in [-0.3, -0.25) is 19.7 Å². The van der Waals surface area contributed by atoms with Crippen molar-refractivity contribution >= 4 is 52.4 Å². The van der Waals surface area contributed by atoms with E-state index in [0.717, 1.165) is 16.0 Å². The van der Waals surface area contributed by atoms with Crippen molar-refractivity contribution in [2.75, 3.05) is 5.32 Å². The lowest BCUT2D eigenvalue weighted by Gasteiger charge is -2.29. The Kier molecular flexibility index (Phi) is 5.48. The van der Waals surface area contributed by atoms with E-state index in [1.807, 2.05) is 13.0 Å². The summed E-state index contributed by atoms with van der Waals surface area (Å²) in [5.74, 6) is -0.979. The van der Waals surface area contributed by atoms with E-state index in [9.17, 15) is 19.2 Å². The van der Waals surface area contributed by atoms with Gasteiger partial charge in [0, 0.05) is 33.9 Å². The Bertz CT molecular complexity index is 1070. The molecule has 3 heterocycles. The van der Waals surface area contributed by atoms with Gasteiger partial charge in [-0.05, 0) is 36.6 Å². The molecule has 5 amide bonds. The van der Waals surface area contributed by atoms with E-state index >= 15 is 0 Å². The highest BCUT2D eigenvalue weighted by atomic mass is 35.5. The normalized spacial score (nSPS) is 18.3. The monoisotopic (exact) mass is 446 g/mol. The maximum atomic E-state index is 12.7. The number of rotatable bonds is 4. The molecule has 2 aliphatic heterocycles. The van der Waals surface area contributed by atoms with E-state index in [0.29, 0.717) is 22.7 Å². The third kappa shape index (κ3) is 3.90. The predicted octanol–water partition coefficient (Wildman–Crippen LogP) is 2.79. The van der Waals surface area contributed by atoms with Gasteiger partial charge in [-0.1, -0.05) is 17.7 Å². The van der Waals surface area contributed by atoms with Crippen molar-refractivity contribution in [3.63, 3.8) is 0 Å². The largest absolute Gasteiger partial charge is 0.333 e. The lowest BCUT2D eigenvalue weighted by molar-refractivity contribution is -0.136. The van der Waals surface area contributed by atoms with Crippen LogP contribution in [0.4, 0.5) is 10.5 Å². The molecular weight excluding hydrogens is 428 g/mol. The lowest BCUT2D eigenvalue weighted by atomic mass is 10.0. The van der Waals surface area contributed by atoms with Crippen LogP contribution in [-0.2, 0) is 22.7 Å². The molecule has 1 aromatic heterocycles. The van der Waals surface area contributed by atoms with Crippen LogP contribution >= 0.6 is 22.9 Å². The summed E-state index contributed by atoms with van der Waals surface area (Å²) in [6.45, 7) is 2.42. The molecule has 10 heteroatoms. The molecule has 30 heavy (non-hydrogen) atoms. The minimum Gasteiger partial charge on any atom is -0.333 e. The number of amides is 5. The molecular formula is C20H19ClN4O4S. The number of carbonyl (C=O) groups excluding carboxylic acids is 4. The standard InChI is InChI=1S/C20H19ClN4O4S/c1-10-2-3-11(6-14(10)21)23-20(29)22-7-16-12-8-25(19(28)13(12)9-30-16)15-4-5-17(26)24-18(15)27/h2-3,6,9,15H,4-5,7-8H2,1H3,(H2,22,23,29)(H,24,26,27)/t15-/m0/s1. The van der Waals surface area contributed by atoms with Gasteiger partial charge in [-0.15, -0.1) is 11.3 Å². The second-order valence-corrected chi connectivity index (χ2v) is 8.59. The molecule has 156 valence electrons. The zero-order valence-corrected chi connectivity index (χ0v) is 17.7. The number of thiophene rings is 1. The number of anilines is 1. The highest BCUT2D eigenvalue weighted by Gasteiger charge is 2.40. The molecule has 3 N–H and O–H groups in total. The quantitative estimate of drug-likeness (QED) is 0.627. The fourth-order valence-electron chi connectivity index (χ4n) is 3.56. The Morgan fingerprint density at radius 1 is 1.33 bits per heavy atom. The van der Waals surface area contributed by atoms with Gasteiger partial charge in [0.25, 0.3) is 5.91 Å². The molecule has 0 aliphatic carbocycles.